The fourth-order valence-electron chi connectivity index (χ4n) is 2.82. The zero-order valence-corrected chi connectivity index (χ0v) is 16.2. The van der Waals surface area contributed by atoms with E-state index in [1.165, 1.54) is 0 Å². The smallest absolute Gasteiger partial charge is 0.245 e. The lowest BCUT2D eigenvalue weighted by atomic mass is 10.1. The Morgan fingerprint density at radius 1 is 1.07 bits per heavy atom. The molecule has 2 aromatic carbocycles. The predicted molar refractivity (Wildman–Crippen MR) is 106 cm³/mol. The van der Waals surface area contributed by atoms with Crippen LogP contribution in [0.1, 0.15) is 36.3 Å². The Morgan fingerprint density at radius 3 is 2.44 bits per heavy atom. The summed E-state index contributed by atoms with van der Waals surface area (Å²) in [6, 6.07) is 17.6. The number of hydrogen-bond acceptors (Lipinski definition) is 4. The third-order valence-corrected chi connectivity index (χ3v) is 4.79. The van der Waals surface area contributed by atoms with Gasteiger partial charge in [-0.15, -0.1) is 21.8 Å². The topological polar surface area (TPSA) is 59.2 Å². The van der Waals surface area contributed by atoms with Crippen LogP contribution in [0.5, 0.6) is 0 Å². The largest absolute Gasteiger partial charge is 0.423 e. The van der Waals surface area contributed by atoms with Gasteiger partial charge in [-0.05, 0) is 30.5 Å². The van der Waals surface area contributed by atoms with Crippen LogP contribution in [0.4, 0.5) is 5.69 Å². The van der Waals surface area contributed by atoms with Crippen LogP contribution >= 0.6 is 11.6 Å². The zero-order valence-electron chi connectivity index (χ0n) is 15.4. The van der Waals surface area contributed by atoms with Crippen LogP contribution in [-0.2, 0) is 17.8 Å². The number of amides is 1. The second kappa shape index (κ2) is 8.82. The molecule has 0 saturated heterocycles. The summed E-state index contributed by atoms with van der Waals surface area (Å²) in [5, 5.41) is 7.64. The average molecular weight is 384 g/mol. The molecule has 0 N–H and O–H groups in total. The normalized spacial score (nSPS) is 12.0. The molecule has 5 nitrogen and oxygen atoms in total. The number of carbonyl (C=O) groups is 1. The highest BCUT2D eigenvalue weighted by molar-refractivity contribution is 6.32. The van der Waals surface area contributed by atoms with Crippen molar-refractivity contribution in [2.75, 3.05) is 4.90 Å². The number of aryl methyl sites for hydroxylation is 1. The van der Waals surface area contributed by atoms with Gasteiger partial charge < -0.3 is 9.32 Å². The molecule has 27 heavy (non-hydrogen) atoms. The van der Waals surface area contributed by atoms with E-state index < -0.39 is 5.38 Å². The van der Waals surface area contributed by atoms with Crippen LogP contribution in [0.2, 0.25) is 0 Å². The molecule has 1 atom stereocenters. The van der Waals surface area contributed by atoms with Crippen LogP contribution in [0.3, 0.4) is 0 Å². The van der Waals surface area contributed by atoms with Gasteiger partial charge in [0.05, 0.1) is 6.42 Å². The Labute approximate surface area is 164 Å². The number of halogens is 1. The highest BCUT2D eigenvalue weighted by Crippen LogP contribution is 2.24. The average Bonchev–Trinajstić information content (AvgIpc) is 3.13. The minimum absolute atomic E-state index is 0.170. The van der Waals surface area contributed by atoms with Crippen molar-refractivity contribution in [3.63, 3.8) is 0 Å². The van der Waals surface area contributed by atoms with Gasteiger partial charge in [-0.2, -0.15) is 0 Å². The predicted octanol–water partition coefficient (Wildman–Crippen LogP) is 4.52. The van der Waals surface area contributed by atoms with Crippen molar-refractivity contribution < 1.29 is 9.21 Å². The summed E-state index contributed by atoms with van der Waals surface area (Å²) >= 11 is 6.23. The van der Waals surface area contributed by atoms with Crippen molar-refractivity contribution in [2.24, 2.45) is 0 Å². The number of hydrogen-bond donors (Lipinski definition) is 0. The van der Waals surface area contributed by atoms with E-state index in [9.17, 15) is 4.79 Å². The minimum Gasteiger partial charge on any atom is -0.423 e. The fourth-order valence-corrected chi connectivity index (χ4v) is 2.94. The highest BCUT2D eigenvalue weighted by atomic mass is 35.5. The maximum Gasteiger partial charge on any atom is 0.245 e. The zero-order chi connectivity index (χ0) is 19.2. The van der Waals surface area contributed by atoms with Crippen molar-refractivity contribution in [1.82, 2.24) is 10.2 Å². The third-order valence-electron chi connectivity index (χ3n) is 4.30. The molecule has 3 aromatic rings. The summed E-state index contributed by atoms with van der Waals surface area (Å²) in [6.45, 7) is 4.03. The summed E-state index contributed by atoms with van der Waals surface area (Å²) in [5.41, 5.74) is 2.87. The van der Waals surface area contributed by atoms with E-state index in [-0.39, 0.29) is 12.5 Å². The van der Waals surface area contributed by atoms with Gasteiger partial charge in [-0.25, -0.2) is 0 Å². The summed E-state index contributed by atoms with van der Waals surface area (Å²) in [6.07, 6.45) is 1.10. The Balaban J connectivity index is 1.82. The molecule has 0 spiro atoms. The Hall–Kier alpha value is -2.66. The molecule has 6 heteroatoms. The molecule has 1 aromatic heterocycles. The van der Waals surface area contributed by atoms with Crippen LogP contribution in [-0.4, -0.2) is 21.5 Å². The molecule has 0 aliphatic rings. The monoisotopic (exact) mass is 383 g/mol. The highest BCUT2D eigenvalue weighted by Gasteiger charge is 2.25. The molecule has 0 radical (unpaired) electrons. The number of aromatic nitrogens is 2. The first-order valence-corrected chi connectivity index (χ1v) is 9.38. The van der Waals surface area contributed by atoms with Gasteiger partial charge in [-0.1, -0.05) is 55.5 Å². The lowest BCUT2D eigenvalue weighted by molar-refractivity contribution is -0.118. The summed E-state index contributed by atoms with van der Waals surface area (Å²) in [7, 11) is 0. The van der Waals surface area contributed by atoms with Crippen molar-refractivity contribution in [3.05, 3.63) is 77.5 Å². The number of para-hydroxylation sites is 1. The number of rotatable bonds is 7. The van der Waals surface area contributed by atoms with Crippen molar-refractivity contribution >= 4 is 23.2 Å². The number of carbonyl (C=O) groups excluding carboxylic acids is 1. The molecular weight excluding hydrogens is 362 g/mol. The fraction of sp³-hybridized carbons (Fsp3) is 0.286. The maximum atomic E-state index is 12.8. The Bertz CT molecular complexity index is 895. The maximum absolute atomic E-state index is 12.8. The molecule has 0 aliphatic carbocycles. The van der Waals surface area contributed by atoms with E-state index >= 15 is 0 Å². The second-order valence-electron chi connectivity index (χ2n) is 6.34. The molecule has 1 heterocycles. The van der Waals surface area contributed by atoms with Gasteiger partial charge in [-0.3, -0.25) is 4.79 Å². The first-order chi connectivity index (χ1) is 13.1. The van der Waals surface area contributed by atoms with Gasteiger partial charge in [0.2, 0.25) is 17.7 Å². The molecule has 0 aliphatic heterocycles. The van der Waals surface area contributed by atoms with E-state index in [0.717, 1.165) is 16.8 Å². The molecule has 3 rings (SSSR count). The van der Waals surface area contributed by atoms with Gasteiger partial charge >= 0.3 is 0 Å². The van der Waals surface area contributed by atoms with Gasteiger partial charge in [0, 0.05) is 5.69 Å². The number of alkyl halides is 1. The van der Waals surface area contributed by atoms with Gasteiger partial charge in [0.1, 0.15) is 11.9 Å². The molecule has 1 unspecified atom stereocenters. The van der Waals surface area contributed by atoms with E-state index in [2.05, 4.69) is 10.2 Å². The first-order valence-electron chi connectivity index (χ1n) is 8.94. The number of nitrogens with zero attached hydrogens (tertiary/aromatic N) is 3. The SMILES string of the molecule is CCC(Cl)C(=O)N(Cc1nnc(Cc2ccccc2)o1)c1ccccc1C. The van der Waals surface area contributed by atoms with E-state index in [1.807, 2.05) is 68.4 Å². The molecule has 0 fully saturated rings. The number of benzene rings is 2. The van der Waals surface area contributed by atoms with E-state index in [1.54, 1.807) is 4.90 Å². The van der Waals surface area contributed by atoms with Gasteiger partial charge in [0.25, 0.3) is 0 Å². The first kappa shape index (κ1) is 19.1. The summed E-state index contributed by atoms with van der Waals surface area (Å²) in [4.78, 5) is 14.5. The second-order valence-corrected chi connectivity index (χ2v) is 6.87. The van der Waals surface area contributed by atoms with Crippen LogP contribution in [0, 0.1) is 6.92 Å². The van der Waals surface area contributed by atoms with Crippen LogP contribution in [0.25, 0.3) is 0 Å². The quantitative estimate of drug-likeness (QED) is 0.563. The Kier molecular flexibility index (Phi) is 6.24. The van der Waals surface area contributed by atoms with Crippen LogP contribution in [0.15, 0.2) is 59.0 Å². The molecule has 1 amide bonds. The van der Waals surface area contributed by atoms with Crippen molar-refractivity contribution in [3.8, 4) is 0 Å². The summed E-state index contributed by atoms with van der Waals surface area (Å²) < 4.78 is 5.78. The molecular formula is C21H22ClN3O2. The third kappa shape index (κ3) is 4.74. The molecule has 0 bridgehead atoms. The Morgan fingerprint density at radius 2 is 1.74 bits per heavy atom. The van der Waals surface area contributed by atoms with E-state index in [0.29, 0.717) is 24.6 Å². The minimum atomic E-state index is -0.601. The number of anilines is 1. The molecule has 140 valence electrons. The van der Waals surface area contributed by atoms with Crippen molar-refractivity contribution in [2.45, 2.75) is 38.6 Å². The lowest BCUT2D eigenvalue weighted by Crippen LogP contribution is -2.36. The molecule has 0 saturated carbocycles. The van der Waals surface area contributed by atoms with Crippen LogP contribution < -0.4 is 4.90 Å². The standard InChI is InChI=1S/C21H22ClN3O2/c1-3-17(22)21(26)25(18-12-8-7-9-15(18)2)14-20-24-23-19(27-20)13-16-10-5-4-6-11-16/h4-12,17H,3,13-14H2,1-2H3. The van der Waals surface area contributed by atoms with E-state index in [4.69, 9.17) is 16.0 Å². The lowest BCUT2D eigenvalue weighted by Gasteiger charge is -2.24. The van der Waals surface area contributed by atoms with Gasteiger partial charge in [0.15, 0.2) is 0 Å². The van der Waals surface area contributed by atoms with Crippen molar-refractivity contribution in [1.29, 1.82) is 0 Å². The summed E-state index contributed by atoms with van der Waals surface area (Å²) in [5.74, 6) is 0.736.